The highest BCUT2D eigenvalue weighted by atomic mass is 16.5. The van der Waals surface area contributed by atoms with E-state index in [1.807, 2.05) is 12.1 Å². The molecule has 3 rings (SSSR count). The van der Waals surface area contributed by atoms with Gasteiger partial charge >= 0.3 is 0 Å². The van der Waals surface area contributed by atoms with Crippen molar-refractivity contribution in [1.29, 1.82) is 0 Å². The molecule has 0 aliphatic carbocycles. The molecule has 1 aromatic rings. The predicted octanol–water partition coefficient (Wildman–Crippen LogP) is 2.56. The topological polar surface area (TPSA) is 29.5 Å². The van der Waals surface area contributed by atoms with Gasteiger partial charge in [-0.05, 0) is 37.0 Å². The highest BCUT2D eigenvalue weighted by molar-refractivity contribution is 5.80. The summed E-state index contributed by atoms with van der Waals surface area (Å²) in [5.74, 6) is 1.56. The third kappa shape index (κ3) is 1.88. The average Bonchev–Trinajstić information content (AvgIpc) is 2.77. The highest BCUT2D eigenvalue weighted by Crippen LogP contribution is 2.39. The molecule has 0 radical (unpaired) electrons. The molecular weight excluding hydrogens is 226 g/mol. The molecule has 3 heteroatoms. The predicted molar refractivity (Wildman–Crippen MR) is 69.7 cm³/mol. The number of piperidine rings is 1. The minimum absolute atomic E-state index is 0.326. The number of ether oxygens (including phenoxy) is 1. The van der Waals surface area contributed by atoms with Crippen molar-refractivity contribution in [1.82, 2.24) is 4.90 Å². The Labute approximate surface area is 108 Å². The van der Waals surface area contributed by atoms with Gasteiger partial charge < -0.3 is 9.64 Å². The second kappa shape index (κ2) is 4.63. The van der Waals surface area contributed by atoms with E-state index in [1.54, 1.807) is 7.11 Å². The van der Waals surface area contributed by atoms with Crippen molar-refractivity contribution < 1.29 is 9.53 Å². The lowest BCUT2D eigenvalue weighted by Crippen LogP contribution is -2.38. The standard InChI is InChI=1S/C15H19NO2/c1-18-12-6-4-5-11(9-12)13-10-15(17)16-8-3-2-7-14(13)16/h4-6,9,13-14H,2-3,7-8,10H2,1H3/t13-,14+/m1/s1. The van der Waals surface area contributed by atoms with Crippen LogP contribution in [-0.4, -0.2) is 30.5 Å². The molecule has 2 atom stereocenters. The number of carbonyl (C=O) groups excluding carboxylic acids is 1. The molecule has 1 aromatic carbocycles. The van der Waals surface area contributed by atoms with Crippen LogP contribution in [0.3, 0.4) is 0 Å². The number of nitrogens with zero attached hydrogens (tertiary/aromatic N) is 1. The van der Waals surface area contributed by atoms with Crippen molar-refractivity contribution in [2.24, 2.45) is 0 Å². The number of methoxy groups -OCH3 is 1. The van der Waals surface area contributed by atoms with Crippen LogP contribution in [0, 0.1) is 0 Å². The van der Waals surface area contributed by atoms with E-state index in [1.165, 1.54) is 12.0 Å². The molecule has 2 heterocycles. The fraction of sp³-hybridized carbons (Fsp3) is 0.533. The minimum atomic E-state index is 0.326. The van der Waals surface area contributed by atoms with Gasteiger partial charge in [0.2, 0.25) is 5.91 Å². The fourth-order valence-electron chi connectivity index (χ4n) is 3.34. The van der Waals surface area contributed by atoms with Gasteiger partial charge in [-0.3, -0.25) is 4.79 Å². The number of amides is 1. The van der Waals surface area contributed by atoms with Gasteiger partial charge in [-0.2, -0.15) is 0 Å². The molecule has 1 amide bonds. The lowest BCUT2D eigenvalue weighted by atomic mass is 9.87. The van der Waals surface area contributed by atoms with E-state index in [0.29, 0.717) is 24.3 Å². The Hall–Kier alpha value is -1.51. The Morgan fingerprint density at radius 3 is 3.06 bits per heavy atom. The van der Waals surface area contributed by atoms with E-state index in [9.17, 15) is 4.79 Å². The van der Waals surface area contributed by atoms with Crippen LogP contribution in [-0.2, 0) is 4.79 Å². The van der Waals surface area contributed by atoms with Gasteiger partial charge in [0.15, 0.2) is 0 Å². The summed E-state index contributed by atoms with van der Waals surface area (Å²) in [5.41, 5.74) is 1.25. The third-order valence-corrected chi connectivity index (χ3v) is 4.25. The summed E-state index contributed by atoms with van der Waals surface area (Å²) in [7, 11) is 1.69. The van der Waals surface area contributed by atoms with Crippen LogP contribution in [0.1, 0.15) is 37.2 Å². The number of carbonyl (C=O) groups is 1. The van der Waals surface area contributed by atoms with Gasteiger partial charge in [0.05, 0.1) is 7.11 Å². The smallest absolute Gasteiger partial charge is 0.223 e. The van der Waals surface area contributed by atoms with E-state index in [2.05, 4.69) is 17.0 Å². The number of hydrogen-bond acceptors (Lipinski definition) is 2. The molecule has 18 heavy (non-hydrogen) atoms. The Bertz CT molecular complexity index is 458. The van der Waals surface area contributed by atoms with Gasteiger partial charge in [0, 0.05) is 24.9 Å². The number of fused-ring (bicyclic) bond motifs is 1. The molecule has 0 aromatic heterocycles. The maximum Gasteiger partial charge on any atom is 0.223 e. The summed E-state index contributed by atoms with van der Waals surface area (Å²) in [4.78, 5) is 14.1. The Kier molecular flexibility index (Phi) is 2.98. The van der Waals surface area contributed by atoms with Crippen LogP contribution in [0.25, 0.3) is 0 Å². The molecule has 2 aliphatic rings. The van der Waals surface area contributed by atoms with Gasteiger partial charge in [-0.25, -0.2) is 0 Å². The second-order valence-corrected chi connectivity index (χ2v) is 5.24. The maximum absolute atomic E-state index is 12.0. The van der Waals surface area contributed by atoms with E-state index >= 15 is 0 Å². The summed E-state index contributed by atoms with van der Waals surface area (Å²) in [6.07, 6.45) is 4.22. The first kappa shape index (κ1) is 11.6. The Morgan fingerprint density at radius 1 is 1.33 bits per heavy atom. The van der Waals surface area contributed by atoms with Crippen molar-refractivity contribution in [3.05, 3.63) is 29.8 Å². The Balaban J connectivity index is 1.89. The van der Waals surface area contributed by atoms with Crippen molar-refractivity contribution in [2.75, 3.05) is 13.7 Å². The first-order chi connectivity index (χ1) is 8.79. The highest BCUT2D eigenvalue weighted by Gasteiger charge is 2.41. The van der Waals surface area contributed by atoms with Crippen molar-refractivity contribution in [3.63, 3.8) is 0 Å². The SMILES string of the molecule is COc1cccc([C@H]2CC(=O)N3CCCC[C@@H]23)c1. The van der Waals surface area contributed by atoms with E-state index < -0.39 is 0 Å². The largest absolute Gasteiger partial charge is 0.497 e. The van der Waals surface area contributed by atoms with Gasteiger partial charge in [0.25, 0.3) is 0 Å². The zero-order valence-corrected chi connectivity index (χ0v) is 10.8. The number of benzene rings is 1. The van der Waals surface area contributed by atoms with Crippen LogP contribution in [0.4, 0.5) is 0 Å². The van der Waals surface area contributed by atoms with E-state index in [4.69, 9.17) is 4.74 Å². The van der Waals surface area contributed by atoms with Crippen LogP contribution in [0.15, 0.2) is 24.3 Å². The molecular formula is C15H19NO2. The van der Waals surface area contributed by atoms with Gasteiger partial charge in [-0.1, -0.05) is 12.1 Å². The molecule has 0 saturated carbocycles. The van der Waals surface area contributed by atoms with Crippen molar-refractivity contribution in [3.8, 4) is 5.75 Å². The molecule has 96 valence electrons. The lowest BCUT2D eigenvalue weighted by Gasteiger charge is -2.32. The summed E-state index contributed by atoms with van der Waals surface area (Å²) in [6.45, 7) is 0.948. The fourth-order valence-corrected chi connectivity index (χ4v) is 3.34. The van der Waals surface area contributed by atoms with Gasteiger partial charge in [-0.15, -0.1) is 0 Å². The van der Waals surface area contributed by atoms with Crippen molar-refractivity contribution in [2.45, 2.75) is 37.6 Å². The van der Waals surface area contributed by atoms with Crippen LogP contribution in [0.2, 0.25) is 0 Å². The summed E-state index contributed by atoms with van der Waals surface area (Å²) in [5, 5.41) is 0. The first-order valence-corrected chi connectivity index (χ1v) is 6.73. The summed E-state index contributed by atoms with van der Waals surface area (Å²) < 4.78 is 5.28. The zero-order chi connectivity index (χ0) is 12.5. The van der Waals surface area contributed by atoms with Gasteiger partial charge in [0.1, 0.15) is 5.75 Å². The van der Waals surface area contributed by atoms with Crippen molar-refractivity contribution >= 4 is 5.91 Å². The summed E-state index contributed by atoms with van der Waals surface area (Å²) in [6, 6.07) is 8.59. The molecule has 2 saturated heterocycles. The molecule has 2 aliphatic heterocycles. The third-order valence-electron chi connectivity index (χ3n) is 4.25. The molecule has 0 N–H and O–H groups in total. The molecule has 0 spiro atoms. The lowest BCUT2D eigenvalue weighted by molar-refractivity contribution is -0.129. The monoisotopic (exact) mass is 245 g/mol. The second-order valence-electron chi connectivity index (χ2n) is 5.24. The zero-order valence-electron chi connectivity index (χ0n) is 10.8. The summed E-state index contributed by atoms with van der Waals surface area (Å²) >= 11 is 0. The Morgan fingerprint density at radius 2 is 2.22 bits per heavy atom. The number of rotatable bonds is 2. The van der Waals surface area contributed by atoms with E-state index in [-0.39, 0.29) is 0 Å². The van der Waals surface area contributed by atoms with Crippen LogP contribution >= 0.6 is 0 Å². The van der Waals surface area contributed by atoms with E-state index in [0.717, 1.165) is 25.1 Å². The molecule has 2 fully saturated rings. The molecule has 0 bridgehead atoms. The molecule has 0 unspecified atom stereocenters. The minimum Gasteiger partial charge on any atom is -0.497 e. The first-order valence-electron chi connectivity index (χ1n) is 6.73. The number of hydrogen-bond donors (Lipinski definition) is 0. The normalized spacial score (nSPS) is 27.2. The maximum atomic E-state index is 12.0. The van der Waals surface area contributed by atoms with Crippen LogP contribution < -0.4 is 4.74 Å². The molecule has 3 nitrogen and oxygen atoms in total. The van der Waals surface area contributed by atoms with Crippen LogP contribution in [0.5, 0.6) is 5.75 Å². The quantitative estimate of drug-likeness (QED) is 0.801. The average molecular weight is 245 g/mol.